The molecule has 0 aliphatic carbocycles. The molecule has 2 aromatic carbocycles. The van der Waals surface area contributed by atoms with E-state index < -0.39 is 11.3 Å². The molecule has 17 heavy (non-hydrogen) atoms. The van der Waals surface area contributed by atoms with Gasteiger partial charge in [0, 0.05) is 28.2 Å². The molecule has 0 spiro atoms. The molecule has 0 bridgehead atoms. The molecule has 5 heteroatoms. The molecule has 0 amide bonds. The van der Waals surface area contributed by atoms with Crippen LogP contribution in [0.5, 0.6) is 0 Å². The smallest absolute Gasteiger partial charge is 0.0460 e. The molecule has 1 unspecified atom stereocenters. The minimum absolute atomic E-state index is 0.492. The number of rotatable bonds is 3. The summed E-state index contributed by atoms with van der Waals surface area (Å²) in [5.41, 5.74) is 8.73. The van der Waals surface area contributed by atoms with Gasteiger partial charge in [-0.05, 0) is 23.8 Å². The van der Waals surface area contributed by atoms with E-state index in [1.54, 1.807) is 18.2 Å². The van der Waals surface area contributed by atoms with Gasteiger partial charge in [-0.15, -0.1) is 0 Å². The van der Waals surface area contributed by atoms with Gasteiger partial charge >= 0.3 is 0 Å². The normalized spacial score (nSPS) is 12.1. The summed E-state index contributed by atoms with van der Waals surface area (Å²) in [5, 5.41) is 0. The summed E-state index contributed by atoms with van der Waals surface area (Å²) in [7, 11) is 0. The van der Waals surface area contributed by atoms with Crippen molar-refractivity contribution in [2.45, 2.75) is 0 Å². The van der Waals surface area contributed by atoms with Crippen molar-refractivity contribution in [1.82, 2.24) is 0 Å². The minimum atomic E-state index is -2.33. The molecule has 2 aromatic rings. The number of nitrogens with one attached hydrogen (secondary N) is 1. The van der Waals surface area contributed by atoms with Crippen LogP contribution in [0, 0.1) is 0 Å². The molecule has 3 N–H and O–H groups in total. The van der Waals surface area contributed by atoms with Gasteiger partial charge in [0.2, 0.25) is 0 Å². The second kappa shape index (κ2) is 4.99. The molecule has 2 rings (SSSR count). The van der Waals surface area contributed by atoms with Gasteiger partial charge in [0.25, 0.3) is 0 Å². The second-order valence-electron chi connectivity index (χ2n) is 3.50. The summed E-state index contributed by atoms with van der Waals surface area (Å²) >= 11 is -2.33. The van der Waals surface area contributed by atoms with Gasteiger partial charge in [-0.3, -0.25) is 4.21 Å². The number of benzene rings is 2. The van der Waals surface area contributed by atoms with Crippen LogP contribution >= 0.6 is 0 Å². The number of nitrogens with two attached hydrogens (primary N) is 1. The molecular formula is C12H11N2O2S-. The molecule has 88 valence electrons. The van der Waals surface area contributed by atoms with Crippen molar-refractivity contribution in [1.29, 1.82) is 0 Å². The van der Waals surface area contributed by atoms with Crippen LogP contribution in [0.25, 0.3) is 11.1 Å². The van der Waals surface area contributed by atoms with Crippen LogP contribution in [0.4, 0.5) is 11.4 Å². The van der Waals surface area contributed by atoms with E-state index in [4.69, 9.17) is 5.73 Å². The van der Waals surface area contributed by atoms with Crippen LogP contribution in [0.2, 0.25) is 0 Å². The van der Waals surface area contributed by atoms with Crippen molar-refractivity contribution in [2.75, 3.05) is 10.5 Å². The van der Waals surface area contributed by atoms with Crippen LogP contribution in [0.3, 0.4) is 0 Å². The Morgan fingerprint density at radius 2 is 1.82 bits per heavy atom. The Kier molecular flexibility index (Phi) is 3.41. The Bertz CT molecular complexity index is 543. The standard InChI is InChI=1S/C12H12N2O2S/c13-12-7-6-10(14-17(15)16)8-11(12)9-4-2-1-3-5-9/h1-8,14H,13H2,(H,15,16)/p-1. The highest BCUT2D eigenvalue weighted by Gasteiger charge is 2.03. The van der Waals surface area contributed by atoms with E-state index in [2.05, 4.69) is 4.72 Å². The van der Waals surface area contributed by atoms with E-state index in [1.165, 1.54) is 0 Å². The zero-order chi connectivity index (χ0) is 12.3. The van der Waals surface area contributed by atoms with Crippen molar-refractivity contribution in [3.63, 3.8) is 0 Å². The topological polar surface area (TPSA) is 78.2 Å². The molecule has 0 fully saturated rings. The Morgan fingerprint density at radius 3 is 2.47 bits per heavy atom. The number of anilines is 2. The van der Waals surface area contributed by atoms with Crippen LogP contribution in [0.15, 0.2) is 48.5 Å². The Hall–Kier alpha value is -1.85. The zero-order valence-electron chi connectivity index (χ0n) is 8.92. The molecule has 1 atom stereocenters. The van der Waals surface area contributed by atoms with Gasteiger partial charge < -0.3 is 15.0 Å². The van der Waals surface area contributed by atoms with Gasteiger partial charge in [-0.2, -0.15) is 0 Å². The molecule has 4 nitrogen and oxygen atoms in total. The van der Waals surface area contributed by atoms with E-state index >= 15 is 0 Å². The van der Waals surface area contributed by atoms with E-state index in [0.717, 1.165) is 11.1 Å². The molecule has 0 aromatic heterocycles. The third kappa shape index (κ3) is 2.83. The van der Waals surface area contributed by atoms with Gasteiger partial charge in [-0.1, -0.05) is 30.3 Å². The van der Waals surface area contributed by atoms with Crippen LogP contribution in [-0.2, 0) is 11.3 Å². The quantitative estimate of drug-likeness (QED) is 0.644. The first-order chi connectivity index (χ1) is 8.16. The lowest BCUT2D eigenvalue weighted by Gasteiger charge is -2.12. The van der Waals surface area contributed by atoms with Gasteiger partial charge in [-0.25, -0.2) is 0 Å². The summed E-state index contributed by atoms with van der Waals surface area (Å²) in [6.45, 7) is 0. The molecule has 0 saturated heterocycles. The lowest BCUT2D eigenvalue weighted by molar-refractivity contribution is 0.542. The zero-order valence-corrected chi connectivity index (χ0v) is 9.74. The third-order valence-corrected chi connectivity index (χ3v) is 2.74. The lowest BCUT2D eigenvalue weighted by Crippen LogP contribution is -2.02. The van der Waals surface area contributed by atoms with Gasteiger partial charge in [0.15, 0.2) is 0 Å². The molecule has 0 saturated carbocycles. The SMILES string of the molecule is Nc1ccc(NS(=O)[O-])cc1-c1ccccc1. The first kappa shape index (κ1) is 11.6. The summed E-state index contributed by atoms with van der Waals surface area (Å²) < 4.78 is 23.4. The molecule has 0 aliphatic rings. The minimum Gasteiger partial charge on any atom is -0.755 e. The number of hydrogen-bond donors (Lipinski definition) is 2. The van der Waals surface area contributed by atoms with Gasteiger partial charge in [0.1, 0.15) is 0 Å². The molecular weight excluding hydrogens is 236 g/mol. The van der Waals surface area contributed by atoms with E-state index in [-0.39, 0.29) is 0 Å². The summed E-state index contributed by atoms with van der Waals surface area (Å²) in [4.78, 5) is 0. The van der Waals surface area contributed by atoms with Crippen molar-refractivity contribution in [3.8, 4) is 11.1 Å². The monoisotopic (exact) mass is 247 g/mol. The number of nitrogen functional groups attached to an aromatic ring is 1. The fraction of sp³-hybridized carbons (Fsp3) is 0. The summed E-state index contributed by atoms with van der Waals surface area (Å²) in [6, 6.07) is 14.6. The first-order valence-corrected chi connectivity index (χ1v) is 6.05. The Labute approximate surface area is 102 Å². The molecule has 0 aliphatic heterocycles. The summed E-state index contributed by atoms with van der Waals surface area (Å²) in [5.74, 6) is 0. The third-order valence-electron chi connectivity index (χ3n) is 2.34. The maximum atomic E-state index is 10.6. The fourth-order valence-corrected chi connectivity index (χ4v) is 1.90. The lowest BCUT2D eigenvalue weighted by atomic mass is 10.0. The van der Waals surface area contributed by atoms with Crippen molar-refractivity contribution >= 4 is 22.6 Å². The van der Waals surface area contributed by atoms with Crippen LogP contribution in [-0.4, -0.2) is 8.76 Å². The average Bonchev–Trinajstić information content (AvgIpc) is 2.32. The average molecular weight is 247 g/mol. The van der Waals surface area contributed by atoms with Crippen molar-refractivity contribution in [3.05, 3.63) is 48.5 Å². The highest BCUT2D eigenvalue weighted by molar-refractivity contribution is 7.80. The fourth-order valence-electron chi connectivity index (χ4n) is 1.58. The maximum absolute atomic E-state index is 10.6. The largest absolute Gasteiger partial charge is 0.755 e. The van der Waals surface area contributed by atoms with Gasteiger partial charge in [0.05, 0.1) is 0 Å². The molecule has 0 radical (unpaired) electrons. The van der Waals surface area contributed by atoms with Crippen LogP contribution < -0.4 is 10.5 Å². The highest BCUT2D eigenvalue weighted by atomic mass is 32.2. The van der Waals surface area contributed by atoms with E-state index in [1.807, 2.05) is 30.3 Å². The summed E-state index contributed by atoms with van der Waals surface area (Å²) in [6.07, 6.45) is 0. The highest BCUT2D eigenvalue weighted by Crippen LogP contribution is 2.28. The maximum Gasteiger partial charge on any atom is 0.0460 e. The van der Waals surface area contributed by atoms with E-state index in [9.17, 15) is 8.76 Å². The predicted octanol–water partition coefficient (Wildman–Crippen LogP) is 2.14. The van der Waals surface area contributed by atoms with Crippen LogP contribution in [0.1, 0.15) is 0 Å². The van der Waals surface area contributed by atoms with Crippen molar-refractivity contribution < 1.29 is 8.76 Å². The number of hydrogen-bond acceptors (Lipinski definition) is 3. The predicted molar refractivity (Wildman–Crippen MR) is 68.8 cm³/mol. The second-order valence-corrected chi connectivity index (χ2v) is 4.18. The Balaban J connectivity index is 2.43. The van der Waals surface area contributed by atoms with E-state index in [0.29, 0.717) is 11.4 Å². The molecule has 0 heterocycles. The first-order valence-electron chi connectivity index (χ1n) is 4.97. The van der Waals surface area contributed by atoms with Crippen molar-refractivity contribution in [2.24, 2.45) is 0 Å². The Morgan fingerprint density at radius 1 is 1.12 bits per heavy atom.